The van der Waals surface area contributed by atoms with Crippen LogP contribution in [-0.2, 0) is 13.1 Å². The largest absolute Gasteiger partial charge is 0.496 e. The van der Waals surface area contributed by atoms with Crippen molar-refractivity contribution in [2.24, 2.45) is 10.9 Å². The molecule has 0 amide bonds. The van der Waals surface area contributed by atoms with Crippen LogP contribution in [0.2, 0.25) is 0 Å². The molecule has 1 heterocycles. The van der Waals surface area contributed by atoms with Crippen LogP contribution < -0.4 is 10.5 Å². The zero-order chi connectivity index (χ0) is 15.2. The summed E-state index contributed by atoms with van der Waals surface area (Å²) < 4.78 is 5.38. The molecule has 2 rings (SSSR count). The minimum Gasteiger partial charge on any atom is -0.496 e. The van der Waals surface area contributed by atoms with E-state index in [1.165, 1.54) is 4.88 Å². The number of ether oxygens (including phenoxy) is 1. The summed E-state index contributed by atoms with van der Waals surface area (Å²) in [6.45, 7) is 1.59. The van der Waals surface area contributed by atoms with Crippen LogP contribution in [0.15, 0.2) is 40.9 Å². The molecular weight excluding hydrogens is 286 g/mol. The Morgan fingerprint density at radius 2 is 2.19 bits per heavy atom. The Labute approximate surface area is 128 Å². The van der Waals surface area contributed by atoms with E-state index in [2.05, 4.69) is 28.5 Å². The SMILES string of the molecule is COc1ccc(/C(N)=N/O)cc1CN(C)Cc1cccs1. The third-order valence-electron chi connectivity index (χ3n) is 3.13. The molecule has 0 aliphatic heterocycles. The predicted molar refractivity (Wildman–Crippen MR) is 85.0 cm³/mol. The van der Waals surface area contributed by atoms with Crippen LogP contribution in [0, 0.1) is 0 Å². The number of rotatable bonds is 6. The molecule has 0 aliphatic rings. The molecular formula is C15H19N3O2S. The number of amidine groups is 1. The highest BCUT2D eigenvalue weighted by atomic mass is 32.1. The Bertz CT molecular complexity index is 611. The van der Waals surface area contributed by atoms with Gasteiger partial charge in [0.2, 0.25) is 0 Å². The minimum absolute atomic E-state index is 0.0970. The lowest BCUT2D eigenvalue weighted by Gasteiger charge is -2.18. The molecule has 5 nitrogen and oxygen atoms in total. The summed E-state index contributed by atoms with van der Waals surface area (Å²) in [6.07, 6.45) is 0. The van der Waals surface area contributed by atoms with Crippen molar-refractivity contribution in [2.45, 2.75) is 13.1 Å². The van der Waals surface area contributed by atoms with Crippen molar-refractivity contribution >= 4 is 17.2 Å². The topological polar surface area (TPSA) is 71.1 Å². The summed E-state index contributed by atoms with van der Waals surface area (Å²) in [4.78, 5) is 3.50. The molecule has 112 valence electrons. The maximum atomic E-state index is 8.78. The highest BCUT2D eigenvalue weighted by Gasteiger charge is 2.10. The quantitative estimate of drug-likeness (QED) is 0.372. The van der Waals surface area contributed by atoms with Crippen LogP contribution in [0.5, 0.6) is 5.75 Å². The molecule has 3 N–H and O–H groups in total. The molecule has 0 unspecified atom stereocenters. The van der Waals surface area contributed by atoms with Gasteiger partial charge in [0.15, 0.2) is 5.84 Å². The van der Waals surface area contributed by atoms with Crippen molar-refractivity contribution in [3.05, 3.63) is 51.7 Å². The Morgan fingerprint density at radius 3 is 2.81 bits per heavy atom. The molecule has 0 saturated heterocycles. The van der Waals surface area contributed by atoms with E-state index in [4.69, 9.17) is 15.7 Å². The molecule has 2 aromatic rings. The summed E-state index contributed by atoms with van der Waals surface area (Å²) in [5.74, 6) is 0.891. The van der Waals surface area contributed by atoms with Gasteiger partial charge in [0.25, 0.3) is 0 Å². The molecule has 0 bridgehead atoms. The van der Waals surface area contributed by atoms with Crippen molar-refractivity contribution in [3.8, 4) is 5.75 Å². The summed E-state index contributed by atoms with van der Waals surface area (Å²) in [5, 5.41) is 13.9. The van der Waals surface area contributed by atoms with E-state index in [0.29, 0.717) is 12.1 Å². The number of benzene rings is 1. The maximum Gasteiger partial charge on any atom is 0.170 e. The summed E-state index contributed by atoms with van der Waals surface area (Å²) in [6, 6.07) is 9.66. The van der Waals surface area contributed by atoms with E-state index in [1.54, 1.807) is 24.5 Å². The Kier molecular flexibility index (Phi) is 5.19. The smallest absolute Gasteiger partial charge is 0.170 e. The van der Waals surface area contributed by atoms with Gasteiger partial charge in [-0.2, -0.15) is 0 Å². The van der Waals surface area contributed by atoms with E-state index < -0.39 is 0 Å². The highest BCUT2D eigenvalue weighted by Crippen LogP contribution is 2.22. The van der Waals surface area contributed by atoms with Gasteiger partial charge in [-0.3, -0.25) is 4.90 Å². The van der Waals surface area contributed by atoms with Gasteiger partial charge in [-0.05, 0) is 36.7 Å². The predicted octanol–water partition coefficient (Wildman–Crippen LogP) is 2.48. The average molecular weight is 305 g/mol. The molecule has 0 aliphatic carbocycles. The third-order valence-corrected chi connectivity index (χ3v) is 3.99. The number of hydrogen-bond acceptors (Lipinski definition) is 5. The first-order valence-corrected chi connectivity index (χ1v) is 7.37. The van der Waals surface area contributed by atoms with Crippen LogP contribution in [0.3, 0.4) is 0 Å². The zero-order valence-electron chi connectivity index (χ0n) is 12.1. The molecule has 0 atom stereocenters. The fourth-order valence-corrected chi connectivity index (χ4v) is 2.92. The van der Waals surface area contributed by atoms with E-state index in [0.717, 1.165) is 17.9 Å². The second kappa shape index (κ2) is 7.10. The van der Waals surface area contributed by atoms with E-state index >= 15 is 0 Å². The normalized spacial score (nSPS) is 11.9. The molecule has 6 heteroatoms. The van der Waals surface area contributed by atoms with E-state index in [9.17, 15) is 0 Å². The number of methoxy groups -OCH3 is 1. The Hall–Kier alpha value is -2.05. The maximum absolute atomic E-state index is 8.78. The summed E-state index contributed by atoms with van der Waals surface area (Å²) in [7, 11) is 3.69. The number of oxime groups is 1. The molecule has 0 fully saturated rings. The van der Waals surface area contributed by atoms with Gasteiger partial charge in [-0.1, -0.05) is 11.2 Å². The Balaban J connectivity index is 2.16. The van der Waals surface area contributed by atoms with Crippen molar-refractivity contribution in [2.75, 3.05) is 14.2 Å². The first kappa shape index (κ1) is 15.3. The third kappa shape index (κ3) is 3.96. The van der Waals surface area contributed by atoms with Gasteiger partial charge in [0.1, 0.15) is 5.75 Å². The van der Waals surface area contributed by atoms with Crippen LogP contribution in [0.1, 0.15) is 16.0 Å². The molecule has 0 saturated carbocycles. The van der Waals surface area contributed by atoms with Crippen LogP contribution in [0.4, 0.5) is 0 Å². The monoisotopic (exact) mass is 305 g/mol. The number of nitrogens with two attached hydrogens (primary N) is 1. The van der Waals surface area contributed by atoms with Crippen LogP contribution >= 0.6 is 11.3 Å². The number of nitrogens with zero attached hydrogens (tertiary/aromatic N) is 2. The van der Waals surface area contributed by atoms with Gasteiger partial charge in [-0.25, -0.2) is 0 Å². The van der Waals surface area contributed by atoms with Gasteiger partial charge in [0, 0.05) is 29.1 Å². The van der Waals surface area contributed by atoms with Crippen molar-refractivity contribution in [1.29, 1.82) is 0 Å². The molecule has 1 aromatic carbocycles. The second-order valence-corrected chi connectivity index (χ2v) is 5.80. The van der Waals surface area contributed by atoms with Gasteiger partial charge < -0.3 is 15.7 Å². The Morgan fingerprint density at radius 1 is 1.38 bits per heavy atom. The zero-order valence-corrected chi connectivity index (χ0v) is 12.9. The first-order chi connectivity index (χ1) is 10.1. The van der Waals surface area contributed by atoms with E-state index in [-0.39, 0.29) is 5.84 Å². The lowest BCUT2D eigenvalue weighted by Crippen LogP contribution is -2.18. The number of thiophene rings is 1. The van der Waals surface area contributed by atoms with E-state index in [1.807, 2.05) is 18.2 Å². The van der Waals surface area contributed by atoms with Crippen molar-refractivity contribution in [3.63, 3.8) is 0 Å². The van der Waals surface area contributed by atoms with Crippen molar-refractivity contribution in [1.82, 2.24) is 4.90 Å². The molecule has 1 aromatic heterocycles. The second-order valence-electron chi connectivity index (χ2n) is 4.76. The molecule has 21 heavy (non-hydrogen) atoms. The minimum atomic E-state index is 0.0970. The highest BCUT2D eigenvalue weighted by molar-refractivity contribution is 7.09. The molecule has 0 spiro atoms. The van der Waals surface area contributed by atoms with Crippen LogP contribution in [0.25, 0.3) is 0 Å². The fraction of sp³-hybridized carbons (Fsp3) is 0.267. The fourth-order valence-electron chi connectivity index (χ4n) is 2.13. The summed E-state index contributed by atoms with van der Waals surface area (Å²) >= 11 is 1.74. The first-order valence-electron chi connectivity index (χ1n) is 6.49. The standard InChI is InChI=1S/C15H19N3O2S/c1-18(10-13-4-3-7-21-13)9-12-8-11(15(16)17-19)5-6-14(12)20-2/h3-8,19H,9-10H2,1-2H3,(H2,16,17). The van der Waals surface area contributed by atoms with Gasteiger partial charge in [-0.15, -0.1) is 11.3 Å². The lowest BCUT2D eigenvalue weighted by atomic mass is 10.1. The number of hydrogen-bond donors (Lipinski definition) is 2. The van der Waals surface area contributed by atoms with Crippen LogP contribution in [-0.4, -0.2) is 30.1 Å². The molecule has 0 radical (unpaired) electrons. The lowest BCUT2D eigenvalue weighted by molar-refractivity contribution is 0.312. The average Bonchev–Trinajstić information content (AvgIpc) is 2.99. The van der Waals surface area contributed by atoms with Gasteiger partial charge >= 0.3 is 0 Å². The summed E-state index contributed by atoms with van der Waals surface area (Å²) in [5.41, 5.74) is 7.32. The van der Waals surface area contributed by atoms with Gasteiger partial charge in [0.05, 0.1) is 7.11 Å². The van der Waals surface area contributed by atoms with Crippen molar-refractivity contribution < 1.29 is 9.94 Å².